The van der Waals surface area contributed by atoms with Crippen LogP contribution in [0.4, 0.5) is 24.8 Å². The Labute approximate surface area is 114 Å². The number of nitrogens with zero attached hydrogens (tertiary/aromatic N) is 1. The highest BCUT2D eigenvalue weighted by Crippen LogP contribution is 2.31. The number of hydrogen-bond donors (Lipinski definition) is 2. The number of thioether (sulfide) groups is 1. The SMILES string of the molecule is Nc1cc(C(F)(F)F)cc(NCC2CCSCC2)n1. The first-order valence-corrected chi connectivity index (χ1v) is 7.27. The number of nitrogen functional groups attached to an aromatic ring is 1. The summed E-state index contributed by atoms with van der Waals surface area (Å²) in [5.74, 6) is 2.82. The minimum atomic E-state index is -4.39. The molecule has 0 amide bonds. The predicted octanol–water partition coefficient (Wildman–Crippen LogP) is 3.24. The molecule has 0 unspecified atom stereocenters. The van der Waals surface area contributed by atoms with Crippen molar-refractivity contribution in [3.63, 3.8) is 0 Å². The molecule has 0 atom stereocenters. The van der Waals surface area contributed by atoms with Crippen LogP contribution in [0.3, 0.4) is 0 Å². The summed E-state index contributed by atoms with van der Waals surface area (Å²) >= 11 is 1.92. The van der Waals surface area contributed by atoms with Gasteiger partial charge in [0, 0.05) is 6.54 Å². The molecule has 2 rings (SSSR count). The van der Waals surface area contributed by atoms with E-state index in [-0.39, 0.29) is 11.6 Å². The van der Waals surface area contributed by atoms with Gasteiger partial charge in [0.25, 0.3) is 0 Å². The minimum Gasteiger partial charge on any atom is -0.384 e. The second-order valence-corrected chi connectivity index (χ2v) is 5.83. The van der Waals surface area contributed by atoms with Gasteiger partial charge in [-0.15, -0.1) is 0 Å². The van der Waals surface area contributed by atoms with Gasteiger partial charge in [-0.05, 0) is 42.4 Å². The fourth-order valence-electron chi connectivity index (χ4n) is 2.01. The topological polar surface area (TPSA) is 50.9 Å². The molecule has 19 heavy (non-hydrogen) atoms. The Morgan fingerprint density at radius 3 is 2.63 bits per heavy atom. The lowest BCUT2D eigenvalue weighted by atomic mass is 10.0. The highest BCUT2D eigenvalue weighted by molar-refractivity contribution is 7.99. The lowest BCUT2D eigenvalue weighted by Crippen LogP contribution is -2.20. The standard InChI is InChI=1S/C12H16F3N3S/c13-12(14,15)9-5-10(16)18-11(6-9)17-7-8-1-3-19-4-2-8/h5-6,8H,1-4,7H2,(H3,16,17,18). The quantitative estimate of drug-likeness (QED) is 0.897. The van der Waals surface area contributed by atoms with Crippen LogP contribution in [-0.4, -0.2) is 23.0 Å². The van der Waals surface area contributed by atoms with Gasteiger partial charge in [0.1, 0.15) is 11.6 Å². The summed E-state index contributed by atoms with van der Waals surface area (Å²) in [4.78, 5) is 3.89. The summed E-state index contributed by atoms with van der Waals surface area (Å²) in [6.45, 7) is 0.647. The van der Waals surface area contributed by atoms with Crippen LogP contribution in [0.15, 0.2) is 12.1 Å². The van der Waals surface area contributed by atoms with E-state index in [1.54, 1.807) is 0 Å². The summed E-state index contributed by atoms with van der Waals surface area (Å²) < 4.78 is 37.9. The summed E-state index contributed by atoms with van der Waals surface area (Å²) in [5, 5.41) is 2.97. The molecular weight excluding hydrogens is 275 g/mol. The Balaban J connectivity index is 2.01. The Hall–Kier alpha value is -1.11. The van der Waals surface area contributed by atoms with E-state index >= 15 is 0 Å². The molecule has 0 saturated carbocycles. The van der Waals surface area contributed by atoms with Gasteiger partial charge >= 0.3 is 6.18 Å². The molecule has 0 aromatic carbocycles. The largest absolute Gasteiger partial charge is 0.416 e. The van der Waals surface area contributed by atoms with Crippen LogP contribution in [0.5, 0.6) is 0 Å². The molecular formula is C12H16F3N3S. The Kier molecular flexibility index (Phi) is 4.44. The second-order valence-electron chi connectivity index (χ2n) is 4.60. The van der Waals surface area contributed by atoms with Crippen molar-refractivity contribution in [2.45, 2.75) is 19.0 Å². The molecule has 2 heterocycles. The molecule has 0 spiro atoms. The number of halogens is 3. The van der Waals surface area contributed by atoms with E-state index in [4.69, 9.17) is 5.73 Å². The third-order valence-electron chi connectivity index (χ3n) is 3.09. The molecule has 0 bridgehead atoms. The zero-order chi connectivity index (χ0) is 13.9. The molecule has 1 aliphatic rings. The lowest BCUT2D eigenvalue weighted by Gasteiger charge is -2.22. The number of pyridine rings is 1. The van der Waals surface area contributed by atoms with Gasteiger partial charge in [-0.2, -0.15) is 24.9 Å². The van der Waals surface area contributed by atoms with E-state index < -0.39 is 11.7 Å². The number of anilines is 2. The summed E-state index contributed by atoms with van der Waals surface area (Å²) in [6.07, 6.45) is -2.22. The Bertz CT molecular complexity index is 431. The van der Waals surface area contributed by atoms with Crippen molar-refractivity contribution in [1.29, 1.82) is 0 Å². The molecule has 1 saturated heterocycles. The average molecular weight is 291 g/mol. The van der Waals surface area contributed by atoms with Crippen molar-refractivity contribution >= 4 is 23.4 Å². The Morgan fingerprint density at radius 1 is 1.32 bits per heavy atom. The van der Waals surface area contributed by atoms with Gasteiger partial charge in [0.05, 0.1) is 5.56 Å². The average Bonchev–Trinajstić information content (AvgIpc) is 2.36. The smallest absolute Gasteiger partial charge is 0.384 e. The molecule has 7 heteroatoms. The van der Waals surface area contributed by atoms with E-state index in [0.29, 0.717) is 12.5 Å². The first-order chi connectivity index (χ1) is 8.95. The number of rotatable bonds is 3. The van der Waals surface area contributed by atoms with E-state index in [1.807, 2.05) is 11.8 Å². The van der Waals surface area contributed by atoms with E-state index in [2.05, 4.69) is 10.3 Å². The van der Waals surface area contributed by atoms with Gasteiger partial charge in [-0.1, -0.05) is 0 Å². The van der Waals surface area contributed by atoms with Crippen molar-refractivity contribution in [3.8, 4) is 0 Å². The fourth-order valence-corrected chi connectivity index (χ4v) is 3.21. The number of nitrogens with two attached hydrogens (primary N) is 1. The number of aromatic nitrogens is 1. The number of hydrogen-bond acceptors (Lipinski definition) is 4. The van der Waals surface area contributed by atoms with Gasteiger partial charge in [0.2, 0.25) is 0 Å². The van der Waals surface area contributed by atoms with Crippen LogP contribution in [0.1, 0.15) is 18.4 Å². The number of nitrogens with one attached hydrogen (secondary N) is 1. The highest BCUT2D eigenvalue weighted by Gasteiger charge is 2.31. The third-order valence-corrected chi connectivity index (χ3v) is 4.13. The Morgan fingerprint density at radius 2 is 2.00 bits per heavy atom. The van der Waals surface area contributed by atoms with E-state index in [9.17, 15) is 13.2 Å². The van der Waals surface area contributed by atoms with Gasteiger partial charge in [-0.25, -0.2) is 4.98 Å². The first-order valence-electron chi connectivity index (χ1n) is 6.11. The lowest BCUT2D eigenvalue weighted by molar-refractivity contribution is -0.137. The summed E-state index contributed by atoms with van der Waals surface area (Å²) in [5.41, 5.74) is 4.65. The van der Waals surface area contributed by atoms with Crippen LogP contribution < -0.4 is 11.1 Å². The van der Waals surface area contributed by atoms with Gasteiger partial charge < -0.3 is 11.1 Å². The normalized spacial score (nSPS) is 17.4. The molecule has 1 aromatic rings. The van der Waals surface area contributed by atoms with Crippen LogP contribution in [-0.2, 0) is 6.18 Å². The van der Waals surface area contributed by atoms with E-state index in [1.165, 1.54) is 0 Å². The summed E-state index contributed by atoms with van der Waals surface area (Å²) in [7, 11) is 0. The molecule has 0 aliphatic carbocycles. The van der Waals surface area contributed by atoms with Crippen LogP contribution >= 0.6 is 11.8 Å². The third kappa shape index (κ3) is 4.19. The van der Waals surface area contributed by atoms with E-state index in [0.717, 1.165) is 36.5 Å². The fraction of sp³-hybridized carbons (Fsp3) is 0.583. The molecule has 106 valence electrons. The van der Waals surface area contributed by atoms with Crippen LogP contribution in [0.2, 0.25) is 0 Å². The zero-order valence-electron chi connectivity index (χ0n) is 10.3. The molecule has 1 aromatic heterocycles. The predicted molar refractivity (Wildman–Crippen MR) is 72.2 cm³/mol. The maximum atomic E-state index is 12.6. The maximum absolute atomic E-state index is 12.6. The molecule has 0 radical (unpaired) electrons. The summed E-state index contributed by atoms with van der Waals surface area (Å²) in [6, 6.07) is 1.86. The first kappa shape index (κ1) is 14.3. The van der Waals surface area contributed by atoms with Crippen molar-refractivity contribution in [2.75, 3.05) is 29.1 Å². The van der Waals surface area contributed by atoms with Crippen molar-refractivity contribution < 1.29 is 13.2 Å². The number of alkyl halides is 3. The monoisotopic (exact) mass is 291 g/mol. The van der Waals surface area contributed by atoms with Crippen molar-refractivity contribution in [2.24, 2.45) is 5.92 Å². The second kappa shape index (κ2) is 5.90. The van der Waals surface area contributed by atoms with Crippen LogP contribution in [0, 0.1) is 5.92 Å². The molecule has 3 nitrogen and oxygen atoms in total. The molecule has 1 fully saturated rings. The zero-order valence-corrected chi connectivity index (χ0v) is 11.2. The molecule has 3 N–H and O–H groups in total. The highest BCUT2D eigenvalue weighted by atomic mass is 32.2. The van der Waals surface area contributed by atoms with Crippen LogP contribution in [0.25, 0.3) is 0 Å². The van der Waals surface area contributed by atoms with Crippen molar-refractivity contribution in [1.82, 2.24) is 4.98 Å². The molecule has 1 aliphatic heterocycles. The van der Waals surface area contributed by atoms with Crippen molar-refractivity contribution in [3.05, 3.63) is 17.7 Å². The van der Waals surface area contributed by atoms with Gasteiger partial charge in [-0.3, -0.25) is 0 Å². The van der Waals surface area contributed by atoms with Gasteiger partial charge in [0.15, 0.2) is 0 Å². The maximum Gasteiger partial charge on any atom is 0.416 e. The minimum absolute atomic E-state index is 0.114.